The van der Waals surface area contributed by atoms with Crippen molar-refractivity contribution in [2.45, 2.75) is 4.90 Å². The maximum absolute atomic E-state index is 13.6. The second-order valence-corrected chi connectivity index (χ2v) is 6.02. The third kappa shape index (κ3) is 3.07. The molecule has 0 saturated heterocycles. The average molecular weight is 349 g/mol. The van der Waals surface area contributed by atoms with Crippen molar-refractivity contribution in [1.29, 1.82) is 0 Å². The summed E-state index contributed by atoms with van der Waals surface area (Å²) in [5, 5.41) is 0. The zero-order chi connectivity index (χ0) is 14.0. The minimum Gasteiger partial charge on any atom is -0.263 e. The van der Waals surface area contributed by atoms with Gasteiger partial charge in [-0.25, -0.2) is 22.2 Å². The molecule has 0 aliphatic carbocycles. The summed E-state index contributed by atoms with van der Waals surface area (Å²) >= 11 is 2.77. The number of pyridine rings is 1. The number of nitrogens with zero attached hydrogens (tertiary/aromatic N) is 1. The molecule has 1 aromatic heterocycles. The molecule has 1 N–H and O–H groups in total. The predicted octanol–water partition coefficient (Wildman–Crippen LogP) is 2.92. The number of aromatic nitrogens is 1. The molecule has 1 aromatic carbocycles. The van der Waals surface area contributed by atoms with Crippen LogP contribution in [0.5, 0.6) is 0 Å². The van der Waals surface area contributed by atoms with E-state index in [-0.39, 0.29) is 10.3 Å². The molecule has 0 unspecified atom stereocenters. The van der Waals surface area contributed by atoms with E-state index in [2.05, 4.69) is 25.6 Å². The molecule has 0 atom stereocenters. The largest absolute Gasteiger partial charge is 0.266 e. The van der Waals surface area contributed by atoms with Crippen molar-refractivity contribution in [3.05, 3.63) is 52.6 Å². The van der Waals surface area contributed by atoms with Crippen molar-refractivity contribution in [3.8, 4) is 0 Å². The van der Waals surface area contributed by atoms with Crippen molar-refractivity contribution in [1.82, 2.24) is 4.98 Å². The van der Waals surface area contributed by atoms with E-state index in [1.807, 2.05) is 0 Å². The molecule has 0 amide bonds. The van der Waals surface area contributed by atoms with Crippen LogP contribution in [0.3, 0.4) is 0 Å². The predicted molar refractivity (Wildman–Crippen MR) is 69.1 cm³/mol. The first-order valence-corrected chi connectivity index (χ1v) is 7.26. The number of hydrogen-bond donors (Lipinski definition) is 1. The molecule has 8 heteroatoms. The topological polar surface area (TPSA) is 59.1 Å². The second-order valence-electron chi connectivity index (χ2n) is 3.52. The van der Waals surface area contributed by atoms with Gasteiger partial charge in [0.15, 0.2) is 0 Å². The van der Waals surface area contributed by atoms with Crippen molar-refractivity contribution in [2.24, 2.45) is 0 Å². The van der Waals surface area contributed by atoms with E-state index in [0.29, 0.717) is 6.07 Å². The fourth-order valence-electron chi connectivity index (χ4n) is 1.33. The van der Waals surface area contributed by atoms with Gasteiger partial charge in [-0.05, 0) is 40.2 Å². The second kappa shape index (κ2) is 5.22. The van der Waals surface area contributed by atoms with Gasteiger partial charge in [-0.2, -0.15) is 0 Å². The van der Waals surface area contributed by atoms with E-state index in [1.54, 1.807) is 12.1 Å². The lowest BCUT2D eigenvalue weighted by Crippen LogP contribution is -2.15. The van der Waals surface area contributed by atoms with Crippen LogP contribution in [0.15, 0.2) is 45.9 Å². The van der Waals surface area contributed by atoms with Gasteiger partial charge < -0.3 is 0 Å². The fraction of sp³-hybridized carbons (Fsp3) is 0. The summed E-state index contributed by atoms with van der Waals surface area (Å²) in [6.07, 6.45) is 1.37. The Balaban J connectivity index is 2.43. The van der Waals surface area contributed by atoms with Gasteiger partial charge in [0.1, 0.15) is 22.3 Å². The molecule has 0 aliphatic rings. The first kappa shape index (κ1) is 13.9. The zero-order valence-corrected chi connectivity index (χ0v) is 11.7. The van der Waals surface area contributed by atoms with E-state index in [0.717, 1.165) is 6.07 Å². The smallest absolute Gasteiger partial charge is 0.263 e. The van der Waals surface area contributed by atoms with Crippen molar-refractivity contribution in [2.75, 3.05) is 4.72 Å². The average Bonchev–Trinajstić information content (AvgIpc) is 2.34. The molecule has 0 radical (unpaired) electrons. The van der Waals surface area contributed by atoms with Gasteiger partial charge in [0.2, 0.25) is 0 Å². The molecule has 0 aliphatic heterocycles. The normalized spacial score (nSPS) is 11.3. The zero-order valence-electron chi connectivity index (χ0n) is 9.27. The molecule has 0 saturated carbocycles. The van der Waals surface area contributed by atoms with E-state index in [9.17, 15) is 17.2 Å². The third-order valence-electron chi connectivity index (χ3n) is 2.17. The molecule has 0 fully saturated rings. The lowest BCUT2D eigenvalue weighted by atomic mass is 10.3. The molecule has 0 bridgehead atoms. The van der Waals surface area contributed by atoms with Crippen LogP contribution in [0.1, 0.15) is 0 Å². The SMILES string of the molecule is O=S(=O)(Nc1ccccn1)c1cc(F)c(Br)cc1F. The van der Waals surface area contributed by atoms with Gasteiger partial charge in [0, 0.05) is 6.20 Å². The summed E-state index contributed by atoms with van der Waals surface area (Å²) in [5.41, 5.74) is 0. The quantitative estimate of drug-likeness (QED) is 0.867. The lowest BCUT2D eigenvalue weighted by Gasteiger charge is -2.08. The highest BCUT2D eigenvalue weighted by Crippen LogP contribution is 2.24. The van der Waals surface area contributed by atoms with Gasteiger partial charge in [0.25, 0.3) is 10.0 Å². The van der Waals surface area contributed by atoms with Gasteiger partial charge in [0.05, 0.1) is 4.47 Å². The lowest BCUT2D eigenvalue weighted by molar-refractivity contribution is 0.552. The Hall–Kier alpha value is -1.54. The van der Waals surface area contributed by atoms with E-state index >= 15 is 0 Å². The number of halogens is 3. The molecule has 2 rings (SSSR count). The number of hydrogen-bond acceptors (Lipinski definition) is 3. The fourth-order valence-corrected chi connectivity index (χ4v) is 2.72. The standard InChI is InChI=1S/C11H7BrF2N2O2S/c12-7-5-9(14)10(6-8(7)13)19(17,18)16-11-3-1-2-4-15-11/h1-6H,(H,15,16). The van der Waals surface area contributed by atoms with Gasteiger partial charge in [-0.1, -0.05) is 6.07 Å². The summed E-state index contributed by atoms with van der Waals surface area (Å²) in [7, 11) is -4.23. The van der Waals surface area contributed by atoms with Crippen LogP contribution in [-0.2, 0) is 10.0 Å². The monoisotopic (exact) mass is 348 g/mol. The van der Waals surface area contributed by atoms with Crippen LogP contribution < -0.4 is 4.72 Å². The molecule has 2 aromatic rings. The highest BCUT2D eigenvalue weighted by Gasteiger charge is 2.21. The molecule has 4 nitrogen and oxygen atoms in total. The highest BCUT2D eigenvalue weighted by molar-refractivity contribution is 9.10. The molecule has 0 spiro atoms. The molecule has 19 heavy (non-hydrogen) atoms. The van der Waals surface area contributed by atoms with Crippen LogP contribution in [0.4, 0.5) is 14.6 Å². The van der Waals surface area contributed by atoms with Crippen molar-refractivity contribution in [3.63, 3.8) is 0 Å². The summed E-state index contributed by atoms with van der Waals surface area (Å²) in [6, 6.07) is 5.90. The minimum absolute atomic E-state index is 0.0187. The van der Waals surface area contributed by atoms with E-state index in [1.165, 1.54) is 12.3 Å². The van der Waals surface area contributed by atoms with E-state index < -0.39 is 26.6 Å². The Labute approximate surface area is 116 Å². The van der Waals surface area contributed by atoms with Gasteiger partial charge >= 0.3 is 0 Å². The first-order chi connectivity index (χ1) is 8.90. The molecular formula is C11H7BrF2N2O2S. The highest BCUT2D eigenvalue weighted by atomic mass is 79.9. The van der Waals surface area contributed by atoms with Crippen LogP contribution in [-0.4, -0.2) is 13.4 Å². The summed E-state index contributed by atoms with van der Waals surface area (Å²) in [6.45, 7) is 0. The summed E-state index contributed by atoms with van der Waals surface area (Å²) < 4.78 is 52.6. The number of sulfonamides is 1. The van der Waals surface area contributed by atoms with Crippen LogP contribution in [0.25, 0.3) is 0 Å². The summed E-state index contributed by atoms with van der Waals surface area (Å²) in [4.78, 5) is 2.96. The summed E-state index contributed by atoms with van der Waals surface area (Å²) in [5.74, 6) is -1.91. The van der Waals surface area contributed by atoms with Gasteiger partial charge in [-0.15, -0.1) is 0 Å². The number of anilines is 1. The van der Waals surface area contributed by atoms with Crippen molar-refractivity contribution < 1.29 is 17.2 Å². The number of benzene rings is 1. The van der Waals surface area contributed by atoms with Crippen molar-refractivity contribution >= 4 is 31.8 Å². The minimum atomic E-state index is -4.23. The van der Waals surface area contributed by atoms with Crippen LogP contribution in [0.2, 0.25) is 0 Å². The number of rotatable bonds is 3. The third-order valence-corrected chi connectivity index (χ3v) is 4.15. The first-order valence-electron chi connectivity index (χ1n) is 4.98. The Kier molecular flexibility index (Phi) is 3.81. The maximum atomic E-state index is 13.6. The Morgan fingerprint density at radius 1 is 1.16 bits per heavy atom. The van der Waals surface area contributed by atoms with Gasteiger partial charge in [-0.3, -0.25) is 4.72 Å². The number of nitrogens with one attached hydrogen (secondary N) is 1. The van der Waals surface area contributed by atoms with Crippen LogP contribution >= 0.6 is 15.9 Å². The van der Waals surface area contributed by atoms with Crippen LogP contribution in [0, 0.1) is 11.6 Å². The Morgan fingerprint density at radius 2 is 1.89 bits per heavy atom. The molecule has 1 heterocycles. The Morgan fingerprint density at radius 3 is 2.53 bits per heavy atom. The van der Waals surface area contributed by atoms with E-state index in [4.69, 9.17) is 0 Å². The molecule has 100 valence electrons. The Bertz CT molecular complexity index is 708. The molecular weight excluding hydrogens is 342 g/mol. The maximum Gasteiger partial charge on any atom is 0.266 e.